The second kappa shape index (κ2) is 8.82. The first-order valence-electron chi connectivity index (χ1n) is 8.64. The maximum absolute atomic E-state index is 12.3. The summed E-state index contributed by atoms with van der Waals surface area (Å²) in [5.41, 5.74) is 1.31. The maximum atomic E-state index is 12.3. The predicted molar refractivity (Wildman–Crippen MR) is 109 cm³/mol. The van der Waals surface area contributed by atoms with Gasteiger partial charge in [0.05, 0.1) is 0 Å². The molecule has 0 heterocycles. The quantitative estimate of drug-likeness (QED) is 0.668. The van der Waals surface area contributed by atoms with E-state index in [2.05, 4.69) is 42.5 Å². The molecular weight excluding hydrogens is 460 g/mol. The highest BCUT2D eigenvalue weighted by molar-refractivity contribution is 9.10. The summed E-state index contributed by atoms with van der Waals surface area (Å²) in [7, 11) is 0. The van der Waals surface area contributed by atoms with Gasteiger partial charge in [-0.3, -0.25) is 9.59 Å². The van der Waals surface area contributed by atoms with Crippen LogP contribution in [0.4, 0.5) is 0 Å². The van der Waals surface area contributed by atoms with Crippen molar-refractivity contribution in [3.05, 3.63) is 68.6 Å². The van der Waals surface area contributed by atoms with E-state index >= 15 is 0 Å². The average Bonchev–Trinajstić information content (AvgIpc) is 2.63. The zero-order chi connectivity index (χ0) is 18.5. The third kappa shape index (κ3) is 5.17. The number of carbonyl (C=O) groups excluding carboxylic acids is 2. The molecule has 0 bridgehead atoms. The molecule has 1 fully saturated rings. The highest BCUT2D eigenvalue weighted by Gasteiger charge is 2.24. The lowest BCUT2D eigenvalue weighted by atomic mass is 9.90. The van der Waals surface area contributed by atoms with Gasteiger partial charge in [0.2, 0.25) is 0 Å². The van der Waals surface area contributed by atoms with Crippen LogP contribution >= 0.6 is 31.9 Å². The van der Waals surface area contributed by atoms with E-state index in [1.807, 2.05) is 48.5 Å². The van der Waals surface area contributed by atoms with Crippen molar-refractivity contribution in [2.24, 2.45) is 0 Å². The van der Waals surface area contributed by atoms with E-state index in [9.17, 15) is 9.59 Å². The fraction of sp³-hybridized carbons (Fsp3) is 0.300. The number of hydrogen-bond donors (Lipinski definition) is 2. The number of hydrogen-bond acceptors (Lipinski definition) is 2. The van der Waals surface area contributed by atoms with Crippen LogP contribution in [0.5, 0.6) is 0 Å². The number of nitrogens with one attached hydrogen (secondary N) is 2. The summed E-state index contributed by atoms with van der Waals surface area (Å²) in [6.45, 7) is 0. The Hall–Kier alpha value is -1.66. The first-order chi connectivity index (χ1) is 12.5. The molecule has 0 spiro atoms. The third-order valence-corrected chi connectivity index (χ3v) is 5.56. The summed E-state index contributed by atoms with van der Waals surface area (Å²) in [4.78, 5) is 24.7. The number of carbonyl (C=O) groups is 2. The van der Waals surface area contributed by atoms with E-state index in [1.54, 1.807) is 0 Å². The second-order valence-corrected chi connectivity index (χ2v) is 8.35. The van der Waals surface area contributed by atoms with Gasteiger partial charge in [-0.15, -0.1) is 0 Å². The van der Waals surface area contributed by atoms with E-state index in [-0.39, 0.29) is 23.9 Å². The second-order valence-electron chi connectivity index (χ2n) is 6.52. The van der Waals surface area contributed by atoms with Crippen LogP contribution in [0.15, 0.2) is 57.5 Å². The summed E-state index contributed by atoms with van der Waals surface area (Å²) < 4.78 is 1.79. The molecule has 0 atom stereocenters. The molecule has 2 N–H and O–H groups in total. The Kier molecular flexibility index (Phi) is 6.48. The van der Waals surface area contributed by atoms with Gasteiger partial charge in [-0.1, -0.05) is 44.0 Å². The summed E-state index contributed by atoms with van der Waals surface area (Å²) in [5, 5.41) is 6.19. The Morgan fingerprint density at radius 2 is 1.12 bits per heavy atom. The van der Waals surface area contributed by atoms with E-state index in [1.165, 1.54) is 0 Å². The number of rotatable bonds is 4. The minimum absolute atomic E-state index is 0.0482. The summed E-state index contributed by atoms with van der Waals surface area (Å²) in [6.07, 6.45) is 3.46. The van der Waals surface area contributed by atoms with Crippen molar-refractivity contribution in [1.82, 2.24) is 10.6 Å². The molecule has 2 aromatic rings. The van der Waals surface area contributed by atoms with Gasteiger partial charge in [-0.05, 0) is 62.1 Å². The van der Waals surface area contributed by atoms with Crippen molar-refractivity contribution in [2.45, 2.75) is 37.8 Å². The Labute approximate surface area is 170 Å². The molecule has 4 nitrogen and oxygen atoms in total. The number of halogens is 2. The Morgan fingerprint density at radius 3 is 1.46 bits per heavy atom. The largest absolute Gasteiger partial charge is 0.349 e. The molecular formula is C20H20Br2N2O2. The summed E-state index contributed by atoms with van der Waals surface area (Å²) in [6, 6.07) is 15.1. The predicted octanol–water partition coefficient (Wildman–Crippen LogP) is 4.68. The van der Waals surface area contributed by atoms with Crippen molar-refractivity contribution in [3.8, 4) is 0 Å². The van der Waals surface area contributed by atoms with Gasteiger partial charge in [0, 0.05) is 32.2 Å². The highest BCUT2D eigenvalue weighted by atomic mass is 79.9. The van der Waals surface area contributed by atoms with Crippen LogP contribution in [-0.4, -0.2) is 23.9 Å². The molecule has 0 aliphatic heterocycles. The Balaban J connectivity index is 1.48. The molecule has 0 unspecified atom stereocenters. The summed E-state index contributed by atoms with van der Waals surface area (Å²) in [5.74, 6) is -0.0964. The first-order valence-corrected chi connectivity index (χ1v) is 10.2. The molecule has 0 aromatic heterocycles. The van der Waals surface area contributed by atoms with Gasteiger partial charge in [0.1, 0.15) is 0 Å². The van der Waals surface area contributed by atoms with Crippen LogP contribution in [0.25, 0.3) is 0 Å². The molecule has 0 saturated heterocycles. The van der Waals surface area contributed by atoms with Crippen molar-refractivity contribution >= 4 is 43.7 Å². The topological polar surface area (TPSA) is 58.2 Å². The molecule has 2 aromatic carbocycles. The number of benzene rings is 2. The molecule has 136 valence electrons. The zero-order valence-electron chi connectivity index (χ0n) is 14.2. The van der Waals surface area contributed by atoms with E-state index in [0.29, 0.717) is 11.1 Å². The minimum atomic E-state index is -0.0482. The standard InChI is InChI=1S/C20H20Br2N2O2/c21-15-5-1-3-13(11-15)19(25)23-17-7-9-18(10-8-17)24-20(26)14-4-2-6-16(22)12-14/h1-6,11-12,17-18H,7-10H2,(H,23,25)(H,24,26). The Bertz CT molecular complexity index is 734. The fourth-order valence-electron chi connectivity index (χ4n) is 3.18. The van der Waals surface area contributed by atoms with E-state index in [0.717, 1.165) is 34.6 Å². The molecule has 3 rings (SSSR count). The van der Waals surface area contributed by atoms with Crippen LogP contribution in [0.2, 0.25) is 0 Å². The summed E-state index contributed by atoms with van der Waals surface area (Å²) >= 11 is 6.77. The molecule has 6 heteroatoms. The molecule has 1 aliphatic carbocycles. The van der Waals surface area contributed by atoms with Gasteiger partial charge < -0.3 is 10.6 Å². The first kappa shape index (κ1) is 19.1. The van der Waals surface area contributed by atoms with Crippen LogP contribution in [0.1, 0.15) is 46.4 Å². The smallest absolute Gasteiger partial charge is 0.251 e. The van der Waals surface area contributed by atoms with Gasteiger partial charge >= 0.3 is 0 Å². The van der Waals surface area contributed by atoms with Gasteiger partial charge in [-0.25, -0.2) is 0 Å². The Morgan fingerprint density at radius 1 is 0.731 bits per heavy atom. The van der Waals surface area contributed by atoms with Crippen LogP contribution in [0.3, 0.4) is 0 Å². The molecule has 2 amide bonds. The average molecular weight is 480 g/mol. The van der Waals surface area contributed by atoms with Crippen molar-refractivity contribution in [1.29, 1.82) is 0 Å². The van der Waals surface area contributed by atoms with E-state index < -0.39 is 0 Å². The van der Waals surface area contributed by atoms with Crippen molar-refractivity contribution < 1.29 is 9.59 Å². The van der Waals surface area contributed by atoms with Gasteiger partial charge in [-0.2, -0.15) is 0 Å². The fourth-order valence-corrected chi connectivity index (χ4v) is 3.98. The van der Waals surface area contributed by atoms with Crippen LogP contribution in [0, 0.1) is 0 Å². The maximum Gasteiger partial charge on any atom is 0.251 e. The van der Waals surface area contributed by atoms with Gasteiger partial charge in [0.15, 0.2) is 0 Å². The molecule has 26 heavy (non-hydrogen) atoms. The molecule has 0 radical (unpaired) electrons. The van der Waals surface area contributed by atoms with Crippen LogP contribution < -0.4 is 10.6 Å². The SMILES string of the molecule is O=C(NC1CCC(NC(=O)c2cccc(Br)c2)CC1)c1cccc(Br)c1. The minimum Gasteiger partial charge on any atom is -0.349 e. The molecule has 1 aliphatic rings. The number of amides is 2. The highest BCUT2D eigenvalue weighted by Crippen LogP contribution is 2.20. The lowest BCUT2D eigenvalue weighted by Crippen LogP contribution is -2.43. The lowest BCUT2D eigenvalue weighted by molar-refractivity contribution is 0.0892. The normalized spacial score (nSPS) is 19.6. The third-order valence-electron chi connectivity index (χ3n) is 4.57. The zero-order valence-corrected chi connectivity index (χ0v) is 17.3. The lowest BCUT2D eigenvalue weighted by Gasteiger charge is -2.29. The monoisotopic (exact) mass is 478 g/mol. The van der Waals surface area contributed by atoms with Gasteiger partial charge in [0.25, 0.3) is 11.8 Å². The van der Waals surface area contributed by atoms with Crippen molar-refractivity contribution in [2.75, 3.05) is 0 Å². The van der Waals surface area contributed by atoms with E-state index in [4.69, 9.17) is 0 Å². The van der Waals surface area contributed by atoms with Crippen LogP contribution in [-0.2, 0) is 0 Å². The molecule has 1 saturated carbocycles. The van der Waals surface area contributed by atoms with Crippen molar-refractivity contribution in [3.63, 3.8) is 0 Å².